The first-order chi connectivity index (χ1) is 11.4. The maximum absolute atomic E-state index is 13.1. The third-order valence-corrected chi connectivity index (χ3v) is 3.93. The van der Waals surface area contributed by atoms with Gasteiger partial charge in [0.15, 0.2) is 0 Å². The van der Waals surface area contributed by atoms with Crippen LogP contribution >= 0.6 is 0 Å². The Morgan fingerprint density at radius 2 is 1.84 bits per heavy atom. The van der Waals surface area contributed by atoms with Crippen LogP contribution in [0.5, 0.6) is 5.75 Å². The number of carbonyl (C=O) groups is 1. The molecule has 142 valence electrons. The van der Waals surface area contributed by atoms with Gasteiger partial charge < -0.3 is 15.6 Å². The molecule has 0 aliphatic heterocycles. The summed E-state index contributed by atoms with van der Waals surface area (Å²) in [5, 5.41) is 10.5. The number of benzene rings is 1. The molecule has 0 radical (unpaired) electrons. The lowest BCUT2D eigenvalue weighted by Crippen LogP contribution is -2.44. The van der Waals surface area contributed by atoms with E-state index in [0.717, 1.165) is 6.07 Å². The molecular weight excluding hydrogens is 342 g/mol. The average molecular weight is 365 g/mol. The molecule has 0 aliphatic rings. The second kappa shape index (κ2) is 8.51. The van der Waals surface area contributed by atoms with Crippen LogP contribution in [0.25, 0.3) is 0 Å². The standard InChI is InChI=1S/C17H23F4NO3/c1-17(2,3)14(23)13(15(22)24)11(8-12(18)19)9-5-4-6-10(7-9)25-16(20)21/h4-7,11-14,16,23H,8H2,1-3H3,(H2,22,24)/t11-,13?,14?/m1/s1. The van der Waals surface area contributed by atoms with E-state index >= 15 is 0 Å². The molecular formula is C17H23F4NO3. The monoisotopic (exact) mass is 365 g/mol. The number of aliphatic hydroxyl groups is 1. The molecule has 2 unspecified atom stereocenters. The molecule has 0 saturated heterocycles. The predicted molar refractivity (Wildman–Crippen MR) is 84.6 cm³/mol. The summed E-state index contributed by atoms with van der Waals surface area (Å²) >= 11 is 0. The van der Waals surface area contributed by atoms with Crippen LogP contribution in [-0.2, 0) is 4.79 Å². The third-order valence-electron chi connectivity index (χ3n) is 3.93. The van der Waals surface area contributed by atoms with Gasteiger partial charge in [0.05, 0.1) is 12.0 Å². The first kappa shape index (κ1) is 21.2. The molecule has 1 rings (SSSR count). The van der Waals surface area contributed by atoms with Gasteiger partial charge >= 0.3 is 6.61 Å². The van der Waals surface area contributed by atoms with E-state index in [4.69, 9.17) is 5.73 Å². The zero-order valence-corrected chi connectivity index (χ0v) is 14.3. The van der Waals surface area contributed by atoms with Gasteiger partial charge in [-0.05, 0) is 23.1 Å². The second-order valence-electron chi connectivity index (χ2n) is 6.92. The minimum absolute atomic E-state index is 0.172. The van der Waals surface area contributed by atoms with Crippen molar-refractivity contribution in [1.29, 1.82) is 0 Å². The molecule has 0 heterocycles. The summed E-state index contributed by atoms with van der Waals surface area (Å²) in [5.41, 5.74) is 4.75. The molecule has 0 bridgehead atoms. The van der Waals surface area contributed by atoms with Crippen molar-refractivity contribution in [3.63, 3.8) is 0 Å². The molecule has 1 amide bonds. The Hall–Kier alpha value is -1.83. The Morgan fingerprint density at radius 3 is 2.28 bits per heavy atom. The van der Waals surface area contributed by atoms with Gasteiger partial charge in [0.2, 0.25) is 12.3 Å². The minimum atomic E-state index is -3.07. The van der Waals surface area contributed by atoms with Crippen LogP contribution < -0.4 is 10.5 Å². The summed E-state index contributed by atoms with van der Waals surface area (Å²) in [6, 6.07) is 5.17. The third kappa shape index (κ3) is 6.19. The van der Waals surface area contributed by atoms with Crippen LogP contribution in [0.2, 0.25) is 0 Å². The number of rotatable bonds is 8. The summed E-state index contributed by atoms with van der Waals surface area (Å²) in [4.78, 5) is 11.9. The van der Waals surface area contributed by atoms with Crippen molar-refractivity contribution < 1.29 is 32.2 Å². The lowest BCUT2D eigenvalue weighted by molar-refractivity contribution is -0.130. The quantitative estimate of drug-likeness (QED) is 0.692. The van der Waals surface area contributed by atoms with E-state index in [9.17, 15) is 27.5 Å². The largest absolute Gasteiger partial charge is 0.435 e. The Labute approximate surface area is 144 Å². The molecule has 1 aromatic rings. The van der Waals surface area contributed by atoms with Crippen LogP contribution in [-0.4, -0.2) is 30.2 Å². The van der Waals surface area contributed by atoms with Crippen molar-refractivity contribution in [2.45, 2.75) is 52.3 Å². The number of hydrogen-bond donors (Lipinski definition) is 2. The van der Waals surface area contributed by atoms with E-state index in [0.29, 0.717) is 0 Å². The lowest BCUT2D eigenvalue weighted by atomic mass is 9.72. The van der Waals surface area contributed by atoms with Gasteiger partial charge in [-0.15, -0.1) is 0 Å². The van der Waals surface area contributed by atoms with E-state index in [-0.39, 0.29) is 11.3 Å². The lowest BCUT2D eigenvalue weighted by Gasteiger charge is -2.36. The van der Waals surface area contributed by atoms with Crippen molar-refractivity contribution >= 4 is 5.91 Å². The Kier molecular flexibility index (Phi) is 7.22. The zero-order chi connectivity index (χ0) is 19.4. The van der Waals surface area contributed by atoms with E-state index in [1.165, 1.54) is 18.2 Å². The van der Waals surface area contributed by atoms with Crippen molar-refractivity contribution in [2.75, 3.05) is 0 Å². The fourth-order valence-electron chi connectivity index (χ4n) is 2.72. The van der Waals surface area contributed by atoms with E-state index in [1.807, 2.05) is 0 Å². The molecule has 8 heteroatoms. The maximum Gasteiger partial charge on any atom is 0.387 e. The van der Waals surface area contributed by atoms with Crippen molar-refractivity contribution in [2.24, 2.45) is 17.1 Å². The predicted octanol–water partition coefficient (Wildman–Crippen LogP) is 3.54. The summed E-state index contributed by atoms with van der Waals surface area (Å²) in [7, 11) is 0. The molecule has 0 saturated carbocycles. The first-order valence-corrected chi connectivity index (χ1v) is 7.73. The Balaban J connectivity index is 3.33. The molecule has 3 N–H and O–H groups in total. The average Bonchev–Trinajstić information content (AvgIpc) is 2.44. The molecule has 0 spiro atoms. The summed E-state index contributed by atoms with van der Waals surface area (Å²) in [5.74, 6) is -3.61. The topological polar surface area (TPSA) is 72.5 Å². The second-order valence-corrected chi connectivity index (χ2v) is 6.92. The van der Waals surface area contributed by atoms with Crippen LogP contribution in [0.15, 0.2) is 24.3 Å². The van der Waals surface area contributed by atoms with E-state index < -0.39 is 48.7 Å². The van der Waals surface area contributed by atoms with Crippen molar-refractivity contribution in [3.05, 3.63) is 29.8 Å². The molecule has 0 aromatic heterocycles. The highest BCUT2D eigenvalue weighted by molar-refractivity contribution is 5.78. The van der Waals surface area contributed by atoms with Crippen molar-refractivity contribution in [1.82, 2.24) is 0 Å². The number of ether oxygens (including phenoxy) is 1. The maximum atomic E-state index is 13.1. The normalized spacial score (nSPS) is 15.9. The number of primary amides is 1. The number of amides is 1. The van der Waals surface area contributed by atoms with Gasteiger partial charge in [-0.25, -0.2) is 8.78 Å². The van der Waals surface area contributed by atoms with Gasteiger partial charge in [-0.2, -0.15) is 8.78 Å². The number of hydrogen-bond acceptors (Lipinski definition) is 3. The number of nitrogens with two attached hydrogens (primary N) is 1. The molecule has 1 aromatic carbocycles. The first-order valence-electron chi connectivity index (χ1n) is 7.73. The molecule has 25 heavy (non-hydrogen) atoms. The molecule has 3 atom stereocenters. The van der Waals surface area contributed by atoms with E-state index in [1.54, 1.807) is 20.8 Å². The Bertz CT molecular complexity index is 575. The smallest absolute Gasteiger partial charge is 0.387 e. The fourth-order valence-corrected chi connectivity index (χ4v) is 2.72. The van der Waals surface area contributed by atoms with Gasteiger partial charge in [-0.3, -0.25) is 4.79 Å². The fraction of sp³-hybridized carbons (Fsp3) is 0.588. The highest BCUT2D eigenvalue weighted by Gasteiger charge is 2.41. The minimum Gasteiger partial charge on any atom is -0.435 e. The Morgan fingerprint density at radius 1 is 1.24 bits per heavy atom. The van der Waals surface area contributed by atoms with Crippen LogP contribution in [0, 0.1) is 11.3 Å². The van der Waals surface area contributed by atoms with Crippen LogP contribution in [0.1, 0.15) is 38.7 Å². The summed E-state index contributed by atoms with van der Waals surface area (Å²) in [6.07, 6.45) is -4.83. The van der Waals surface area contributed by atoms with Gasteiger partial charge in [0, 0.05) is 12.3 Å². The molecule has 0 aliphatic carbocycles. The van der Waals surface area contributed by atoms with Gasteiger partial charge in [-0.1, -0.05) is 32.9 Å². The van der Waals surface area contributed by atoms with Gasteiger partial charge in [0.25, 0.3) is 0 Å². The van der Waals surface area contributed by atoms with Crippen LogP contribution in [0.3, 0.4) is 0 Å². The molecule has 0 fully saturated rings. The number of halogens is 4. The zero-order valence-electron chi connectivity index (χ0n) is 14.3. The molecule has 4 nitrogen and oxygen atoms in total. The number of alkyl halides is 4. The number of carbonyl (C=O) groups excluding carboxylic acids is 1. The van der Waals surface area contributed by atoms with Crippen molar-refractivity contribution in [3.8, 4) is 5.75 Å². The highest BCUT2D eigenvalue weighted by Crippen LogP contribution is 2.39. The highest BCUT2D eigenvalue weighted by atomic mass is 19.3. The van der Waals surface area contributed by atoms with Gasteiger partial charge in [0.1, 0.15) is 5.75 Å². The van der Waals surface area contributed by atoms with E-state index in [2.05, 4.69) is 4.74 Å². The summed E-state index contributed by atoms with van der Waals surface area (Å²) < 4.78 is 55.2. The SMILES string of the molecule is CC(C)(C)C(O)C(C(N)=O)[C@H](CC(F)F)c1cccc(OC(F)F)c1. The summed E-state index contributed by atoms with van der Waals surface area (Å²) in [6.45, 7) is 1.85. The van der Waals surface area contributed by atoms with Crippen LogP contribution in [0.4, 0.5) is 17.6 Å². The number of aliphatic hydroxyl groups excluding tert-OH is 1.